The van der Waals surface area contributed by atoms with E-state index >= 15 is 0 Å². The van der Waals surface area contributed by atoms with Crippen molar-refractivity contribution in [3.05, 3.63) is 17.7 Å². The van der Waals surface area contributed by atoms with Crippen molar-refractivity contribution in [2.75, 3.05) is 11.1 Å². The maximum atomic E-state index is 12.2. The van der Waals surface area contributed by atoms with Gasteiger partial charge < -0.3 is 20.9 Å². The van der Waals surface area contributed by atoms with Crippen molar-refractivity contribution >= 4 is 28.3 Å². The maximum absolute atomic E-state index is 12.2. The Bertz CT molecular complexity index is 633. The second kappa shape index (κ2) is 6.08. The van der Waals surface area contributed by atoms with E-state index in [1.54, 1.807) is 6.33 Å². The molecule has 4 N–H and O–H groups in total. The monoisotopic (exact) mass is 309 g/mol. The van der Waals surface area contributed by atoms with Gasteiger partial charge in [-0.1, -0.05) is 0 Å². The van der Waals surface area contributed by atoms with Crippen LogP contribution in [0.25, 0.3) is 0 Å². The quantitative estimate of drug-likeness (QED) is 0.764. The number of amides is 1. The zero-order valence-corrected chi connectivity index (χ0v) is 13.2. The number of carbonyl (C=O) groups excluding carboxylic acids is 1. The Balaban J connectivity index is 2.21. The van der Waals surface area contributed by atoms with Crippen LogP contribution in [0.1, 0.15) is 43.0 Å². The fourth-order valence-corrected chi connectivity index (χ4v) is 2.70. The zero-order valence-electron chi connectivity index (χ0n) is 12.4. The molecule has 0 spiro atoms. The fraction of sp³-hybridized carbons (Fsp3) is 0.500. The number of aryl methyl sites for hydroxylation is 1. The summed E-state index contributed by atoms with van der Waals surface area (Å²) >= 11 is 1.16. The molecule has 0 saturated carbocycles. The minimum atomic E-state index is -0.232. The normalized spacial score (nSPS) is 12.4. The molecule has 0 aromatic carbocycles. The van der Waals surface area contributed by atoms with E-state index in [1.165, 1.54) is 0 Å². The SMILES string of the molecule is CC(C)NC(=O)c1c(N)nsc1NC(C)c1nncn1C. The van der Waals surface area contributed by atoms with Crippen molar-refractivity contribution < 1.29 is 4.79 Å². The number of hydrogen-bond acceptors (Lipinski definition) is 7. The first kappa shape index (κ1) is 15.2. The van der Waals surface area contributed by atoms with Crippen LogP contribution in [0.3, 0.4) is 0 Å². The van der Waals surface area contributed by atoms with Crippen LogP contribution in [0, 0.1) is 0 Å². The summed E-state index contributed by atoms with van der Waals surface area (Å²) in [5.41, 5.74) is 6.19. The number of carbonyl (C=O) groups is 1. The van der Waals surface area contributed by atoms with Gasteiger partial charge in [0.2, 0.25) is 0 Å². The molecule has 0 bridgehead atoms. The van der Waals surface area contributed by atoms with Crippen molar-refractivity contribution in [1.82, 2.24) is 24.5 Å². The Kier molecular flexibility index (Phi) is 4.41. The molecule has 9 heteroatoms. The number of rotatable bonds is 5. The minimum absolute atomic E-state index is 0.0285. The molecule has 8 nitrogen and oxygen atoms in total. The average Bonchev–Trinajstić information content (AvgIpc) is 2.95. The molecule has 0 saturated heterocycles. The van der Waals surface area contributed by atoms with E-state index in [1.807, 2.05) is 32.4 Å². The summed E-state index contributed by atoms with van der Waals surface area (Å²) in [6.07, 6.45) is 1.63. The molecule has 0 aliphatic carbocycles. The van der Waals surface area contributed by atoms with Gasteiger partial charge in [0.15, 0.2) is 11.6 Å². The summed E-state index contributed by atoms with van der Waals surface area (Å²) < 4.78 is 5.87. The first-order valence-corrected chi connectivity index (χ1v) is 7.34. The highest BCUT2D eigenvalue weighted by atomic mass is 32.1. The molecule has 0 fully saturated rings. The third-order valence-corrected chi connectivity index (χ3v) is 3.64. The number of hydrogen-bond donors (Lipinski definition) is 3. The summed E-state index contributed by atoms with van der Waals surface area (Å²) in [4.78, 5) is 12.2. The van der Waals surface area contributed by atoms with E-state index in [4.69, 9.17) is 5.73 Å². The Morgan fingerprint density at radius 2 is 2.14 bits per heavy atom. The summed E-state index contributed by atoms with van der Waals surface area (Å²) in [5, 5.41) is 14.6. The predicted molar refractivity (Wildman–Crippen MR) is 82.2 cm³/mol. The second-order valence-electron chi connectivity index (χ2n) is 5.07. The standard InChI is InChI=1S/C12H19N7OS/c1-6(2)15-11(20)8-9(13)18-21-12(8)16-7(3)10-17-14-5-19(10)4/h5-7,16H,1-4H3,(H2,13,18)(H,15,20). The molecule has 1 atom stereocenters. The Labute approximate surface area is 126 Å². The molecule has 1 unspecified atom stereocenters. The van der Waals surface area contributed by atoms with Gasteiger partial charge in [-0.2, -0.15) is 4.37 Å². The highest BCUT2D eigenvalue weighted by Crippen LogP contribution is 2.29. The third kappa shape index (κ3) is 3.30. The van der Waals surface area contributed by atoms with E-state index in [9.17, 15) is 4.79 Å². The van der Waals surface area contributed by atoms with Crippen molar-refractivity contribution in [2.24, 2.45) is 7.05 Å². The van der Waals surface area contributed by atoms with Gasteiger partial charge >= 0.3 is 0 Å². The third-order valence-electron chi connectivity index (χ3n) is 2.85. The van der Waals surface area contributed by atoms with Gasteiger partial charge in [-0.15, -0.1) is 10.2 Å². The number of nitrogen functional groups attached to an aromatic ring is 1. The Morgan fingerprint density at radius 1 is 1.43 bits per heavy atom. The van der Waals surface area contributed by atoms with E-state index in [0.717, 1.165) is 17.4 Å². The summed E-state index contributed by atoms with van der Waals surface area (Å²) in [7, 11) is 1.86. The van der Waals surface area contributed by atoms with Gasteiger partial charge in [-0.25, -0.2) is 0 Å². The van der Waals surface area contributed by atoms with Crippen molar-refractivity contribution in [3.63, 3.8) is 0 Å². The predicted octanol–water partition coefficient (Wildman–Crippen LogP) is 1.17. The van der Waals surface area contributed by atoms with Crippen molar-refractivity contribution in [2.45, 2.75) is 32.9 Å². The van der Waals surface area contributed by atoms with Gasteiger partial charge in [0.1, 0.15) is 16.9 Å². The molecule has 2 rings (SSSR count). The zero-order chi connectivity index (χ0) is 15.6. The van der Waals surface area contributed by atoms with Crippen LogP contribution < -0.4 is 16.4 Å². The number of aromatic nitrogens is 4. The van der Waals surface area contributed by atoms with E-state index in [0.29, 0.717) is 10.6 Å². The van der Waals surface area contributed by atoms with Crippen LogP contribution in [0.4, 0.5) is 10.8 Å². The van der Waals surface area contributed by atoms with E-state index in [-0.39, 0.29) is 23.8 Å². The highest BCUT2D eigenvalue weighted by Gasteiger charge is 2.22. The maximum Gasteiger partial charge on any atom is 0.258 e. The summed E-state index contributed by atoms with van der Waals surface area (Å²) in [6, 6.07) is -0.0937. The van der Waals surface area contributed by atoms with Crippen LogP contribution in [0.15, 0.2) is 6.33 Å². The van der Waals surface area contributed by atoms with Gasteiger partial charge in [0, 0.05) is 13.1 Å². The van der Waals surface area contributed by atoms with Crippen LogP contribution in [-0.2, 0) is 7.05 Å². The van der Waals surface area contributed by atoms with E-state index < -0.39 is 0 Å². The minimum Gasteiger partial charge on any atom is -0.382 e. The van der Waals surface area contributed by atoms with Gasteiger partial charge in [0.05, 0.1) is 6.04 Å². The van der Waals surface area contributed by atoms with Gasteiger partial charge in [-0.3, -0.25) is 4.79 Å². The molecule has 1 amide bonds. The number of nitrogens with zero attached hydrogens (tertiary/aromatic N) is 4. The molecule has 114 valence electrons. The molecule has 21 heavy (non-hydrogen) atoms. The Hall–Kier alpha value is -2.16. The van der Waals surface area contributed by atoms with Crippen LogP contribution in [0.2, 0.25) is 0 Å². The lowest BCUT2D eigenvalue weighted by atomic mass is 10.2. The summed E-state index contributed by atoms with van der Waals surface area (Å²) in [5.74, 6) is 0.756. The van der Waals surface area contributed by atoms with Gasteiger partial charge in [-0.05, 0) is 32.3 Å². The lowest BCUT2D eigenvalue weighted by Crippen LogP contribution is -2.31. The number of anilines is 2. The second-order valence-corrected chi connectivity index (χ2v) is 5.84. The van der Waals surface area contributed by atoms with E-state index in [2.05, 4.69) is 25.2 Å². The van der Waals surface area contributed by atoms with Crippen LogP contribution in [-0.4, -0.2) is 31.1 Å². The van der Waals surface area contributed by atoms with Crippen molar-refractivity contribution in [3.8, 4) is 0 Å². The van der Waals surface area contributed by atoms with Gasteiger partial charge in [0.25, 0.3) is 5.91 Å². The molecule has 0 aliphatic heterocycles. The first-order chi connectivity index (χ1) is 9.90. The lowest BCUT2D eigenvalue weighted by molar-refractivity contribution is 0.0945. The summed E-state index contributed by atoms with van der Waals surface area (Å²) in [6.45, 7) is 5.72. The molecule has 2 aromatic heterocycles. The van der Waals surface area contributed by atoms with Crippen molar-refractivity contribution in [1.29, 1.82) is 0 Å². The smallest absolute Gasteiger partial charge is 0.258 e. The molecule has 0 radical (unpaired) electrons. The number of nitrogens with two attached hydrogens (primary N) is 1. The molecule has 0 aliphatic rings. The number of nitrogens with one attached hydrogen (secondary N) is 2. The van der Waals surface area contributed by atoms with Crippen LogP contribution >= 0.6 is 11.5 Å². The highest BCUT2D eigenvalue weighted by molar-refractivity contribution is 7.11. The Morgan fingerprint density at radius 3 is 2.71 bits per heavy atom. The molecule has 2 heterocycles. The topological polar surface area (TPSA) is 111 Å². The molecular weight excluding hydrogens is 290 g/mol. The molecule has 2 aromatic rings. The lowest BCUT2D eigenvalue weighted by Gasteiger charge is -2.14. The largest absolute Gasteiger partial charge is 0.382 e. The van der Waals surface area contributed by atoms with Crippen LogP contribution in [0.5, 0.6) is 0 Å². The fourth-order valence-electron chi connectivity index (χ4n) is 1.90. The average molecular weight is 309 g/mol. The first-order valence-electron chi connectivity index (χ1n) is 6.56. The molecular formula is C12H19N7OS.